The smallest absolute Gasteiger partial charge is 0.326 e. The number of aromatic nitrogens is 2. The number of thioether (sulfide) groups is 1. The van der Waals surface area contributed by atoms with Crippen molar-refractivity contribution in [2.75, 3.05) is 34.8 Å². The summed E-state index contributed by atoms with van der Waals surface area (Å²) in [5.74, 6) is 2.29. The summed E-state index contributed by atoms with van der Waals surface area (Å²) >= 11 is 1.75. The van der Waals surface area contributed by atoms with Crippen molar-refractivity contribution < 1.29 is 9.90 Å². The first-order valence-corrected chi connectivity index (χ1v) is 9.93. The van der Waals surface area contributed by atoms with Crippen molar-refractivity contribution in [1.29, 1.82) is 0 Å². The number of aliphatic carboxylic acids is 1. The zero-order valence-corrected chi connectivity index (χ0v) is 15.3. The number of carbonyl (C=O) groups is 1. The van der Waals surface area contributed by atoms with Crippen molar-refractivity contribution in [3.05, 3.63) is 24.3 Å². The van der Waals surface area contributed by atoms with E-state index in [0.29, 0.717) is 12.2 Å². The third kappa shape index (κ3) is 4.34. The molecule has 0 radical (unpaired) electrons. The lowest BCUT2D eigenvalue weighted by molar-refractivity contribution is -0.137. The first-order chi connectivity index (χ1) is 12.2. The topological polar surface area (TPSA) is 78.4 Å². The highest BCUT2D eigenvalue weighted by Gasteiger charge is 2.24. The molecule has 0 spiro atoms. The van der Waals surface area contributed by atoms with Gasteiger partial charge in [0.25, 0.3) is 0 Å². The van der Waals surface area contributed by atoms with Crippen LogP contribution in [0.15, 0.2) is 24.3 Å². The minimum Gasteiger partial charge on any atom is -0.480 e. The Bertz CT molecular complexity index is 734. The summed E-state index contributed by atoms with van der Waals surface area (Å²) in [6, 6.07) is 7.06. The van der Waals surface area contributed by atoms with E-state index in [1.807, 2.05) is 24.3 Å². The summed E-state index contributed by atoms with van der Waals surface area (Å²) in [6.07, 6.45) is 2.81. The molecule has 134 valence electrons. The highest BCUT2D eigenvalue weighted by molar-refractivity contribution is 7.99. The first kappa shape index (κ1) is 17.8. The van der Waals surface area contributed by atoms with Crippen LogP contribution in [0, 0.1) is 0 Å². The maximum Gasteiger partial charge on any atom is 0.326 e. The Balaban J connectivity index is 1.91. The summed E-state index contributed by atoms with van der Waals surface area (Å²) in [6.45, 7) is 3.95. The quantitative estimate of drug-likeness (QED) is 0.700. The normalized spacial score (nSPS) is 15.5. The molecule has 7 heteroatoms. The zero-order valence-electron chi connectivity index (χ0n) is 14.4. The number of nitrogens with zero attached hydrogens (tertiary/aromatic N) is 3. The average molecular weight is 360 g/mol. The molecular weight excluding hydrogens is 336 g/mol. The maximum absolute atomic E-state index is 11.7. The van der Waals surface area contributed by atoms with Crippen molar-refractivity contribution in [3.8, 4) is 0 Å². The van der Waals surface area contributed by atoms with E-state index >= 15 is 0 Å². The van der Waals surface area contributed by atoms with E-state index in [-0.39, 0.29) is 0 Å². The van der Waals surface area contributed by atoms with Crippen LogP contribution < -0.4 is 10.2 Å². The Hall–Kier alpha value is -2.02. The molecule has 3 rings (SSSR count). The number of anilines is 2. The highest BCUT2D eigenvalue weighted by atomic mass is 32.2. The fourth-order valence-corrected chi connectivity index (χ4v) is 3.70. The van der Waals surface area contributed by atoms with Crippen LogP contribution in [0.4, 0.5) is 11.6 Å². The van der Waals surface area contributed by atoms with Gasteiger partial charge in [0.05, 0.1) is 11.0 Å². The molecule has 1 unspecified atom stereocenters. The van der Waals surface area contributed by atoms with Gasteiger partial charge >= 0.3 is 5.97 Å². The number of hydrogen-bond donors (Lipinski definition) is 2. The molecule has 2 heterocycles. The molecule has 2 N–H and O–H groups in total. The number of rotatable bonds is 8. The van der Waals surface area contributed by atoms with Crippen molar-refractivity contribution in [2.24, 2.45) is 0 Å². The van der Waals surface area contributed by atoms with Gasteiger partial charge in [-0.2, -0.15) is 11.8 Å². The second kappa shape index (κ2) is 8.38. The standard InChI is InChI=1S/C18H24N4O2S/c1-2-25-12-9-15(18(23)24)20-16-17(22-10-5-6-11-22)21-14-8-4-3-7-13(14)19-16/h3-4,7-8,15H,2,5-6,9-12H2,1H3,(H,19,20)(H,23,24). The van der Waals surface area contributed by atoms with E-state index in [2.05, 4.69) is 22.1 Å². The first-order valence-electron chi connectivity index (χ1n) is 8.78. The molecule has 1 aliphatic heterocycles. The van der Waals surface area contributed by atoms with Gasteiger partial charge in [0.15, 0.2) is 11.6 Å². The monoisotopic (exact) mass is 360 g/mol. The van der Waals surface area contributed by atoms with Crippen molar-refractivity contribution in [3.63, 3.8) is 0 Å². The van der Waals surface area contributed by atoms with E-state index < -0.39 is 12.0 Å². The van der Waals surface area contributed by atoms with Crippen LogP contribution in [0.5, 0.6) is 0 Å². The molecular formula is C18H24N4O2S. The third-order valence-corrected chi connectivity index (χ3v) is 5.25. The minimum absolute atomic E-state index is 0.557. The van der Waals surface area contributed by atoms with Crippen LogP contribution in [0.1, 0.15) is 26.2 Å². The molecule has 0 amide bonds. The lowest BCUT2D eigenvalue weighted by atomic mass is 10.2. The van der Waals surface area contributed by atoms with Gasteiger partial charge in [-0.15, -0.1) is 0 Å². The van der Waals surface area contributed by atoms with E-state index in [0.717, 1.165) is 54.3 Å². The minimum atomic E-state index is -0.848. The lowest BCUT2D eigenvalue weighted by Gasteiger charge is -2.23. The van der Waals surface area contributed by atoms with Gasteiger partial charge in [-0.1, -0.05) is 19.1 Å². The second-order valence-electron chi connectivity index (χ2n) is 6.10. The Morgan fingerprint density at radius 2 is 1.96 bits per heavy atom. The Morgan fingerprint density at radius 1 is 1.28 bits per heavy atom. The highest BCUT2D eigenvalue weighted by Crippen LogP contribution is 2.28. The van der Waals surface area contributed by atoms with E-state index in [4.69, 9.17) is 4.98 Å². The maximum atomic E-state index is 11.7. The van der Waals surface area contributed by atoms with Gasteiger partial charge in [0.1, 0.15) is 6.04 Å². The molecule has 1 fully saturated rings. The van der Waals surface area contributed by atoms with Crippen molar-refractivity contribution in [1.82, 2.24) is 9.97 Å². The van der Waals surface area contributed by atoms with Gasteiger partial charge in [0, 0.05) is 13.1 Å². The van der Waals surface area contributed by atoms with Gasteiger partial charge < -0.3 is 15.3 Å². The molecule has 0 aliphatic carbocycles. The van der Waals surface area contributed by atoms with Gasteiger partial charge in [-0.3, -0.25) is 0 Å². The van der Waals surface area contributed by atoms with Crippen LogP contribution in [0.2, 0.25) is 0 Å². The lowest BCUT2D eigenvalue weighted by Crippen LogP contribution is -2.32. The summed E-state index contributed by atoms with van der Waals surface area (Å²) in [5, 5.41) is 12.7. The predicted molar refractivity (Wildman–Crippen MR) is 104 cm³/mol. The molecule has 2 aromatic rings. The predicted octanol–water partition coefficient (Wildman–Crippen LogP) is 3.24. The summed E-state index contributed by atoms with van der Waals surface area (Å²) < 4.78 is 0. The fourth-order valence-electron chi connectivity index (χ4n) is 3.00. The number of fused-ring (bicyclic) bond motifs is 1. The number of hydrogen-bond acceptors (Lipinski definition) is 6. The molecule has 1 atom stereocenters. The van der Waals surface area contributed by atoms with Crippen molar-refractivity contribution >= 4 is 40.4 Å². The molecule has 1 aliphatic rings. The molecule has 6 nitrogen and oxygen atoms in total. The number of para-hydroxylation sites is 2. The third-order valence-electron chi connectivity index (χ3n) is 4.32. The SMILES string of the molecule is CCSCCC(Nc1nc2ccccc2nc1N1CCCC1)C(=O)O. The largest absolute Gasteiger partial charge is 0.480 e. The molecule has 1 aromatic carbocycles. The average Bonchev–Trinajstić information content (AvgIpc) is 3.14. The molecule has 25 heavy (non-hydrogen) atoms. The zero-order chi connectivity index (χ0) is 17.6. The van der Waals surface area contributed by atoms with Gasteiger partial charge in [0.2, 0.25) is 0 Å². The summed E-state index contributed by atoms with van der Waals surface area (Å²) in [5.41, 5.74) is 1.61. The summed E-state index contributed by atoms with van der Waals surface area (Å²) in [7, 11) is 0. The van der Waals surface area contributed by atoms with Crippen LogP contribution in [0.25, 0.3) is 11.0 Å². The Kier molecular flexibility index (Phi) is 5.96. The van der Waals surface area contributed by atoms with Crippen LogP contribution in [-0.4, -0.2) is 51.7 Å². The number of benzene rings is 1. The van der Waals surface area contributed by atoms with E-state index in [1.54, 1.807) is 11.8 Å². The molecule has 0 bridgehead atoms. The molecule has 1 saturated heterocycles. The van der Waals surface area contributed by atoms with Crippen LogP contribution >= 0.6 is 11.8 Å². The molecule has 0 saturated carbocycles. The van der Waals surface area contributed by atoms with Crippen molar-refractivity contribution in [2.45, 2.75) is 32.2 Å². The van der Waals surface area contributed by atoms with Gasteiger partial charge in [-0.25, -0.2) is 14.8 Å². The number of nitrogens with one attached hydrogen (secondary N) is 1. The number of carboxylic acid groups (broad SMARTS) is 1. The van der Waals surface area contributed by atoms with Crippen LogP contribution in [0.3, 0.4) is 0 Å². The number of carboxylic acids is 1. The Labute approximate surface area is 152 Å². The fraction of sp³-hybridized carbons (Fsp3) is 0.500. The molecule has 1 aromatic heterocycles. The summed E-state index contributed by atoms with van der Waals surface area (Å²) in [4.78, 5) is 23.3. The van der Waals surface area contributed by atoms with Crippen LogP contribution in [-0.2, 0) is 4.79 Å². The van der Waals surface area contributed by atoms with E-state index in [9.17, 15) is 9.90 Å². The second-order valence-corrected chi connectivity index (χ2v) is 7.49. The van der Waals surface area contributed by atoms with E-state index in [1.165, 1.54) is 0 Å². The van der Waals surface area contributed by atoms with Gasteiger partial charge in [-0.05, 0) is 42.9 Å². The Morgan fingerprint density at radius 3 is 2.60 bits per heavy atom.